The smallest absolute Gasteiger partial charge is 0.130 e. The summed E-state index contributed by atoms with van der Waals surface area (Å²) in [5.41, 5.74) is 1.79. The second-order valence-electron chi connectivity index (χ2n) is 2.77. The Morgan fingerprint density at radius 3 is 3.00 bits per heavy atom. The lowest BCUT2D eigenvalue weighted by atomic mass is 10.3. The van der Waals surface area contributed by atoms with Gasteiger partial charge in [0.1, 0.15) is 10.7 Å². The van der Waals surface area contributed by atoms with E-state index in [9.17, 15) is 0 Å². The Morgan fingerprint density at radius 2 is 2.25 bits per heavy atom. The first-order valence-electron chi connectivity index (χ1n) is 3.63. The number of hydrogen-bond acceptors (Lipinski definition) is 2. The number of rotatable bonds is 0. The summed E-state index contributed by atoms with van der Waals surface area (Å²) in [6.07, 6.45) is 1.93. The monoisotopic (exact) mass is 181 g/mol. The molecular formula is C8H8ClN3. The predicted octanol–water partition coefficient (Wildman–Crippen LogP) is 1.93. The molecule has 0 saturated carbocycles. The van der Waals surface area contributed by atoms with Crippen LogP contribution < -0.4 is 0 Å². The summed E-state index contributed by atoms with van der Waals surface area (Å²) in [6.45, 7) is 1.90. The zero-order valence-electron chi connectivity index (χ0n) is 6.87. The Labute approximate surface area is 75.0 Å². The molecule has 0 spiro atoms. The zero-order chi connectivity index (χ0) is 8.72. The molecule has 0 aromatic carbocycles. The second-order valence-corrected chi connectivity index (χ2v) is 3.16. The molecule has 2 aromatic heterocycles. The van der Waals surface area contributed by atoms with E-state index >= 15 is 0 Å². The van der Waals surface area contributed by atoms with E-state index < -0.39 is 0 Å². The molecule has 0 N–H and O–H groups in total. The molecule has 2 aromatic rings. The summed E-state index contributed by atoms with van der Waals surface area (Å²) in [5.74, 6) is 0. The Hall–Kier alpha value is -1.09. The maximum atomic E-state index is 5.79. The van der Waals surface area contributed by atoms with Crippen LogP contribution in [0.3, 0.4) is 0 Å². The maximum Gasteiger partial charge on any atom is 0.130 e. The van der Waals surface area contributed by atoms with Gasteiger partial charge in [-0.05, 0) is 13.0 Å². The Morgan fingerprint density at radius 1 is 1.50 bits per heavy atom. The first kappa shape index (κ1) is 7.55. The minimum Gasteiger partial charge on any atom is -0.275 e. The third-order valence-electron chi connectivity index (χ3n) is 1.75. The third-order valence-corrected chi connectivity index (χ3v) is 1.94. The highest BCUT2D eigenvalue weighted by Gasteiger charge is 2.03. The van der Waals surface area contributed by atoms with Crippen molar-refractivity contribution in [2.24, 2.45) is 7.05 Å². The fourth-order valence-electron chi connectivity index (χ4n) is 1.27. The topological polar surface area (TPSA) is 30.7 Å². The average Bonchev–Trinajstić information content (AvgIpc) is 2.29. The van der Waals surface area contributed by atoms with Crippen molar-refractivity contribution < 1.29 is 0 Å². The van der Waals surface area contributed by atoms with E-state index in [0.717, 1.165) is 16.6 Å². The van der Waals surface area contributed by atoms with Gasteiger partial charge in [-0.2, -0.15) is 5.10 Å². The SMILES string of the molecule is Cc1nc(Cl)cc2cn(C)nc12. The van der Waals surface area contributed by atoms with Crippen molar-refractivity contribution in [1.82, 2.24) is 14.8 Å². The molecule has 0 unspecified atom stereocenters. The van der Waals surface area contributed by atoms with Gasteiger partial charge in [-0.15, -0.1) is 0 Å². The van der Waals surface area contributed by atoms with Crippen molar-refractivity contribution in [1.29, 1.82) is 0 Å². The molecule has 0 amide bonds. The fraction of sp³-hybridized carbons (Fsp3) is 0.250. The van der Waals surface area contributed by atoms with Crippen LogP contribution in [0.2, 0.25) is 5.15 Å². The second kappa shape index (κ2) is 2.45. The van der Waals surface area contributed by atoms with Crippen molar-refractivity contribution in [2.75, 3.05) is 0 Å². The van der Waals surface area contributed by atoms with E-state index in [1.165, 1.54) is 0 Å². The zero-order valence-corrected chi connectivity index (χ0v) is 7.63. The summed E-state index contributed by atoms with van der Waals surface area (Å²) in [6, 6.07) is 1.82. The Balaban J connectivity index is 2.88. The number of nitrogens with zero attached hydrogens (tertiary/aromatic N) is 3. The largest absolute Gasteiger partial charge is 0.275 e. The van der Waals surface area contributed by atoms with Gasteiger partial charge in [0.05, 0.1) is 5.69 Å². The van der Waals surface area contributed by atoms with Crippen LogP contribution in [0, 0.1) is 6.92 Å². The van der Waals surface area contributed by atoms with Crippen LogP contribution >= 0.6 is 11.6 Å². The van der Waals surface area contributed by atoms with Gasteiger partial charge < -0.3 is 0 Å². The van der Waals surface area contributed by atoms with Gasteiger partial charge in [0.25, 0.3) is 0 Å². The highest BCUT2D eigenvalue weighted by atomic mass is 35.5. The lowest BCUT2D eigenvalue weighted by Gasteiger charge is -1.93. The van der Waals surface area contributed by atoms with Crippen LogP contribution in [0.5, 0.6) is 0 Å². The van der Waals surface area contributed by atoms with Gasteiger partial charge in [0, 0.05) is 18.6 Å². The average molecular weight is 182 g/mol. The molecule has 4 heteroatoms. The lowest BCUT2D eigenvalue weighted by Crippen LogP contribution is -1.87. The normalized spacial score (nSPS) is 10.9. The van der Waals surface area contributed by atoms with Crippen molar-refractivity contribution in [2.45, 2.75) is 6.92 Å². The minimum atomic E-state index is 0.521. The number of halogens is 1. The quantitative estimate of drug-likeness (QED) is 0.582. The van der Waals surface area contributed by atoms with Crippen molar-refractivity contribution in [3.8, 4) is 0 Å². The van der Waals surface area contributed by atoms with Crippen LogP contribution in [-0.4, -0.2) is 14.8 Å². The van der Waals surface area contributed by atoms with E-state index in [1.54, 1.807) is 4.68 Å². The van der Waals surface area contributed by atoms with E-state index in [2.05, 4.69) is 10.1 Å². The molecule has 0 atom stereocenters. The van der Waals surface area contributed by atoms with E-state index in [0.29, 0.717) is 5.15 Å². The number of hydrogen-bond donors (Lipinski definition) is 0. The summed E-state index contributed by atoms with van der Waals surface area (Å²) in [4.78, 5) is 4.10. The maximum absolute atomic E-state index is 5.79. The molecule has 12 heavy (non-hydrogen) atoms. The Kier molecular flexibility index (Phi) is 1.54. The summed E-state index contributed by atoms with van der Waals surface area (Å²) in [5, 5.41) is 5.81. The summed E-state index contributed by atoms with van der Waals surface area (Å²) >= 11 is 5.79. The number of pyridine rings is 1. The molecule has 0 fully saturated rings. The summed E-state index contributed by atoms with van der Waals surface area (Å²) in [7, 11) is 1.88. The van der Waals surface area contributed by atoms with E-state index in [1.807, 2.05) is 26.2 Å². The molecule has 3 nitrogen and oxygen atoms in total. The molecule has 0 radical (unpaired) electrons. The molecular weight excluding hydrogens is 174 g/mol. The van der Waals surface area contributed by atoms with Gasteiger partial charge in [-0.1, -0.05) is 11.6 Å². The predicted molar refractivity (Wildman–Crippen MR) is 48.3 cm³/mol. The number of aromatic nitrogens is 3. The van der Waals surface area contributed by atoms with Gasteiger partial charge in [0.2, 0.25) is 0 Å². The number of aryl methyl sites for hydroxylation is 2. The van der Waals surface area contributed by atoms with Gasteiger partial charge in [-0.3, -0.25) is 4.68 Å². The molecule has 2 rings (SSSR count). The highest BCUT2D eigenvalue weighted by molar-refractivity contribution is 6.30. The first-order valence-corrected chi connectivity index (χ1v) is 4.01. The molecule has 0 saturated heterocycles. The standard InChI is InChI=1S/C8H8ClN3/c1-5-8-6(3-7(9)10-5)4-12(2)11-8/h3-4H,1-2H3. The van der Waals surface area contributed by atoms with Gasteiger partial charge in [0.15, 0.2) is 0 Å². The molecule has 0 aliphatic heterocycles. The molecule has 0 aliphatic rings. The van der Waals surface area contributed by atoms with Crippen LogP contribution in [0.4, 0.5) is 0 Å². The van der Waals surface area contributed by atoms with Gasteiger partial charge in [-0.25, -0.2) is 4.98 Å². The van der Waals surface area contributed by atoms with Crippen molar-refractivity contribution >= 4 is 22.5 Å². The molecule has 2 heterocycles. The summed E-state index contributed by atoms with van der Waals surface area (Å²) < 4.78 is 1.76. The van der Waals surface area contributed by atoms with E-state index in [4.69, 9.17) is 11.6 Å². The Bertz CT molecular complexity index is 433. The molecule has 62 valence electrons. The van der Waals surface area contributed by atoms with Crippen LogP contribution in [-0.2, 0) is 7.05 Å². The third kappa shape index (κ3) is 1.06. The first-order chi connectivity index (χ1) is 5.66. The lowest BCUT2D eigenvalue weighted by molar-refractivity contribution is 0.778. The highest BCUT2D eigenvalue weighted by Crippen LogP contribution is 2.18. The van der Waals surface area contributed by atoms with Crippen LogP contribution in [0.25, 0.3) is 10.9 Å². The van der Waals surface area contributed by atoms with Gasteiger partial charge >= 0.3 is 0 Å². The molecule has 0 aliphatic carbocycles. The fourth-order valence-corrected chi connectivity index (χ4v) is 1.51. The van der Waals surface area contributed by atoms with Crippen LogP contribution in [0.1, 0.15) is 5.69 Å². The minimum absolute atomic E-state index is 0.521. The van der Waals surface area contributed by atoms with Crippen LogP contribution in [0.15, 0.2) is 12.3 Å². The van der Waals surface area contributed by atoms with Crippen molar-refractivity contribution in [3.05, 3.63) is 23.1 Å². The molecule has 0 bridgehead atoms. The van der Waals surface area contributed by atoms with E-state index in [-0.39, 0.29) is 0 Å². The number of fused-ring (bicyclic) bond motifs is 1. The van der Waals surface area contributed by atoms with Crippen molar-refractivity contribution in [3.63, 3.8) is 0 Å².